The van der Waals surface area contributed by atoms with Crippen LogP contribution < -0.4 is 9.80 Å². The Morgan fingerprint density at radius 2 is 1.70 bits per heavy atom. The predicted molar refractivity (Wildman–Crippen MR) is 137 cm³/mol. The number of hydrogen-bond acceptors (Lipinski definition) is 3. The van der Waals surface area contributed by atoms with Gasteiger partial charge in [0.05, 0.1) is 0 Å². The molecule has 0 radical (unpaired) electrons. The smallest absolute Gasteiger partial charge is 0.226 e. The summed E-state index contributed by atoms with van der Waals surface area (Å²) in [7, 11) is 2.19. The number of benzene rings is 2. The first-order valence-corrected chi connectivity index (χ1v) is 13.1. The molecule has 1 unspecified atom stereocenters. The lowest BCUT2D eigenvalue weighted by Crippen LogP contribution is -2.39. The molecule has 2 aromatic rings. The number of rotatable bonds is 8. The molecule has 0 spiro atoms. The predicted octanol–water partition coefficient (Wildman–Crippen LogP) is 5.55. The second kappa shape index (κ2) is 10.3. The zero-order chi connectivity index (χ0) is 22.6. The molecule has 1 amide bonds. The molecule has 4 heteroatoms. The van der Waals surface area contributed by atoms with Crippen molar-refractivity contribution in [3.63, 3.8) is 0 Å². The van der Waals surface area contributed by atoms with Crippen molar-refractivity contribution >= 4 is 17.3 Å². The van der Waals surface area contributed by atoms with Gasteiger partial charge in [0, 0.05) is 44.5 Å². The summed E-state index contributed by atoms with van der Waals surface area (Å²) in [6.45, 7) is 5.53. The maximum Gasteiger partial charge on any atom is 0.226 e. The van der Waals surface area contributed by atoms with Crippen molar-refractivity contribution in [3.8, 4) is 0 Å². The topological polar surface area (TPSA) is 26.8 Å². The van der Waals surface area contributed by atoms with Crippen molar-refractivity contribution < 1.29 is 4.79 Å². The van der Waals surface area contributed by atoms with Crippen LogP contribution in [-0.2, 0) is 4.79 Å². The van der Waals surface area contributed by atoms with Crippen molar-refractivity contribution in [2.45, 2.75) is 50.9 Å². The Labute approximate surface area is 199 Å². The monoisotopic (exact) mass is 445 g/mol. The van der Waals surface area contributed by atoms with Gasteiger partial charge in [0.15, 0.2) is 0 Å². The second-order valence-electron chi connectivity index (χ2n) is 10.5. The van der Waals surface area contributed by atoms with Crippen molar-refractivity contribution in [1.29, 1.82) is 0 Å². The lowest BCUT2D eigenvalue weighted by molar-refractivity contribution is -0.119. The number of carbonyl (C=O) groups excluding carboxylic acids is 1. The van der Waals surface area contributed by atoms with E-state index in [1.54, 1.807) is 5.56 Å². The molecule has 0 bridgehead atoms. The number of likely N-dealkylation sites (N-methyl/N-ethyl adjacent to an activating group) is 1. The van der Waals surface area contributed by atoms with E-state index in [9.17, 15) is 4.79 Å². The zero-order valence-electron chi connectivity index (χ0n) is 20.2. The summed E-state index contributed by atoms with van der Waals surface area (Å²) in [4.78, 5) is 19.1. The van der Waals surface area contributed by atoms with E-state index < -0.39 is 0 Å². The standard InChI is InChI=1S/C29H39N3O/c1-30(26-10-12-27(13-11-26)32-16-6-5-9-29(32)33)19-20-31-17-14-23(15-18-31)21-25-22-28(25)24-7-3-2-4-8-24/h2-4,7-8,10-13,23,25,28H,5-6,9,14-22H2,1H3/t25-,28?/m1/s1. The van der Waals surface area contributed by atoms with E-state index >= 15 is 0 Å². The first kappa shape index (κ1) is 22.5. The van der Waals surface area contributed by atoms with Gasteiger partial charge in [0.1, 0.15) is 0 Å². The molecule has 2 aromatic carbocycles. The molecule has 1 saturated carbocycles. The van der Waals surface area contributed by atoms with Crippen LogP contribution in [0.1, 0.15) is 56.4 Å². The van der Waals surface area contributed by atoms with Crippen LogP contribution in [0.5, 0.6) is 0 Å². The molecule has 3 aliphatic rings. The number of amides is 1. The van der Waals surface area contributed by atoms with E-state index in [4.69, 9.17) is 0 Å². The van der Waals surface area contributed by atoms with Gasteiger partial charge >= 0.3 is 0 Å². The summed E-state index contributed by atoms with van der Waals surface area (Å²) >= 11 is 0. The lowest BCUT2D eigenvalue weighted by Gasteiger charge is -2.33. The summed E-state index contributed by atoms with van der Waals surface area (Å²) in [5.41, 5.74) is 3.83. The van der Waals surface area contributed by atoms with E-state index in [0.717, 1.165) is 55.9 Å². The average molecular weight is 446 g/mol. The second-order valence-corrected chi connectivity index (χ2v) is 10.5. The molecule has 33 heavy (non-hydrogen) atoms. The van der Waals surface area contributed by atoms with E-state index in [-0.39, 0.29) is 5.91 Å². The first-order chi connectivity index (χ1) is 16.2. The quantitative estimate of drug-likeness (QED) is 0.533. The normalized spacial score (nSPS) is 24.2. The van der Waals surface area contributed by atoms with Crippen molar-refractivity contribution in [1.82, 2.24) is 4.90 Å². The molecule has 2 heterocycles. The van der Waals surface area contributed by atoms with Gasteiger partial charge in [-0.3, -0.25) is 4.79 Å². The van der Waals surface area contributed by atoms with Crippen LogP contribution in [0.2, 0.25) is 0 Å². The third-order valence-corrected chi connectivity index (χ3v) is 8.17. The van der Waals surface area contributed by atoms with Crippen LogP contribution in [0.15, 0.2) is 54.6 Å². The Kier molecular flexibility index (Phi) is 7.01. The van der Waals surface area contributed by atoms with Crippen LogP contribution >= 0.6 is 0 Å². The molecule has 176 valence electrons. The number of likely N-dealkylation sites (tertiary alicyclic amines) is 1. The minimum Gasteiger partial charge on any atom is -0.373 e. The van der Waals surface area contributed by atoms with Crippen LogP contribution in [0.4, 0.5) is 11.4 Å². The lowest BCUT2D eigenvalue weighted by atomic mass is 9.90. The molecule has 3 fully saturated rings. The summed E-state index contributed by atoms with van der Waals surface area (Å²) < 4.78 is 0. The number of hydrogen-bond donors (Lipinski definition) is 0. The van der Waals surface area contributed by atoms with Gasteiger partial charge in [0.25, 0.3) is 0 Å². The van der Waals surface area contributed by atoms with E-state index in [1.165, 1.54) is 44.5 Å². The minimum absolute atomic E-state index is 0.267. The molecule has 2 aliphatic heterocycles. The largest absolute Gasteiger partial charge is 0.373 e. The molecular weight excluding hydrogens is 406 g/mol. The van der Waals surface area contributed by atoms with Gasteiger partial charge in [-0.2, -0.15) is 0 Å². The molecule has 5 rings (SSSR count). The molecule has 0 N–H and O–H groups in total. The molecule has 1 aliphatic carbocycles. The Balaban J connectivity index is 1.03. The van der Waals surface area contributed by atoms with E-state index in [0.29, 0.717) is 6.42 Å². The first-order valence-electron chi connectivity index (χ1n) is 13.1. The van der Waals surface area contributed by atoms with E-state index in [1.807, 2.05) is 4.90 Å². The Hall–Kier alpha value is -2.33. The third kappa shape index (κ3) is 5.60. The fraction of sp³-hybridized carbons (Fsp3) is 0.552. The minimum atomic E-state index is 0.267. The SMILES string of the molecule is CN(CCN1CCC(C[C@@H]2CC2c2ccccc2)CC1)c1ccc(N2CCCCC2=O)cc1. The number of piperidine rings is 2. The van der Waals surface area contributed by atoms with E-state index in [2.05, 4.69) is 71.4 Å². The van der Waals surface area contributed by atoms with Gasteiger partial charge in [-0.15, -0.1) is 0 Å². The van der Waals surface area contributed by atoms with Crippen LogP contribution in [0.3, 0.4) is 0 Å². The molecule has 2 saturated heterocycles. The Morgan fingerprint density at radius 1 is 0.939 bits per heavy atom. The van der Waals surface area contributed by atoms with Crippen LogP contribution in [-0.4, -0.2) is 50.6 Å². The maximum atomic E-state index is 12.2. The Bertz CT molecular complexity index is 904. The molecule has 2 atom stereocenters. The highest BCUT2D eigenvalue weighted by Crippen LogP contribution is 2.51. The van der Waals surface area contributed by atoms with Gasteiger partial charge in [-0.1, -0.05) is 30.3 Å². The fourth-order valence-corrected chi connectivity index (χ4v) is 5.88. The van der Waals surface area contributed by atoms with Crippen molar-refractivity contribution in [3.05, 3.63) is 60.2 Å². The zero-order valence-corrected chi connectivity index (χ0v) is 20.2. The highest BCUT2D eigenvalue weighted by atomic mass is 16.2. The van der Waals surface area contributed by atoms with Gasteiger partial charge in [-0.05, 0) is 99.2 Å². The average Bonchev–Trinajstić information content (AvgIpc) is 3.63. The van der Waals surface area contributed by atoms with Crippen LogP contribution in [0.25, 0.3) is 0 Å². The molecule has 4 nitrogen and oxygen atoms in total. The Morgan fingerprint density at radius 3 is 2.42 bits per heavy atom. The molecular formula is C29H39N3O. The van der Waals surface area contributed by atoms with Crippen LogP contribution in [0, 0.1) is 11.8 Å². The summed E-state index contributed by atoms with van der Waals surface area (Å²) in [5.74, 6) is 2.95. The number of carbonyl (C=O) groups is 1. The maximum absolute atomic E-state index is 12.2. The van der Waals surface area contributed by atoms with Gasteiger partial charge < -0.3 is 14.7 Å². The molecule has 0 aromatic heterocycles. The highest BCUT2D eigenvalue weighted by Gasteiger charge is 2.39. The van der Waals surface area contributed by atoms with Crippen molar-refractivity contribution in [2.75, 3.05) is 49.6 Å². The van der Waals surface area contributed by atoms with Gasteiger partial charge in [0.2, 0.25) is 5.91 Å². The number of nitrogens with zero attached hydrogens (tertiary/aromatic N) is 3. The fourth-order valence-electron chi connectivity index (χ4n) is 5.88. The summed E-state index contributed by atoms with van der Waals surface area (Å²) in [6.07, 6.45) is 8.38. The van der Waals surface area contributed by atoms with Crippen molar-refractivity contribution in [2.24, 2.45) is 11.8 Å². The van der Waals surface area contributed by atoms with Gasteiger partial charge in [-0.25, -0.2) is 0 Å². The third-order valence-electron chi connectivity index (χ3n) is 8.17. The number of anilines is 2. The highest BCUT2D eigenvalue weighted by molar-refractivity contribution is 5.94. The summed E-state index contributed by atoms with van der Waals surface area (Å²) in [6, 6.07) is 19.7. The summed E-state index contributed by atoms with van der Waals surface area (Å²) in [5, 5.41) is 0.